The number of nitriles is 2. The van der Waals surface area contributed by atoms with E-state index in [4.69, 9.17) is 0 Å². The Bertz CT molecular complexity index is 1330. The summed E-state index contributed by atoms with van der Waals surface area (Å²) in [6.07, 6.45) is 4.02. The molecule has 7 heteroatoms. The van der Waals surface area contributed by atoms with E-state index in [2.05, 4.69) is 28.4 Å². The van der Waals surface area contributed by atoms with E-state index < -0.39 is 6.89 Å². The molecule has 0 aromatic heterocycles. The Morgan fingerprint density at radius 3 is 1.88 bits per heavy atom. The van der Waals surface area contributed by atoms with Crippen LogP contribution in [0.2, 0.25) is 0 Å². The van der Waals surface area contributed by atoms with Crippen LogP contribution in [0, 0.1) is 22.7 Å². The quantitative estimate of drug-likeness (QED) is 0.417. The molecule has 0 saturated heterocycles. The maximum absolute atomic E-state index is 10.4. The van der Waals surface area contributed by atoms with Crippen LogP contribution in [0.3, 0.4) is 0 Å². The fourth-order valence-electron chi connectivity index (χ4n) is 3.80. The first-order valence-electron chi connectivity index (χ1n) is 9.67. The van der Waals surface area contributed by atoms with Gasteiger partial charge in [-0.2, -0.15) is 10.5 Å². The summed E-state index contributed by atoms with van der Waals surface area (Å²) in [6, 6.07) is 25.1. The zero-order chi connectivity index (χ0) is 22.0. The van der Waals surface area contributed by atoms with E-state index in [1.807, 2.05) is 72.8 Å². The maximum atomic E-state index is 10.4. The predicted molar refractivity (Wildman–Crippen MR) is 146 cm³/mol. The minimum atomic E-state index is -2.52. The van der Waals surface area contributed by atoms with Crippen molar-refractivity contribution >= 4 is 69.8 Å². The lowest BCUT2D eigenvalue weighted by atomic mass is 10.2. The molecule has 0 saturated carbocycles. The molecule has 0 atom stereocenters. The highest BCUT2D eigenvalue weighted by atomic mass is 32.2. The number of hydrogen-bond acceptors (Lipinski definition) is 6. The molecule has 0 aliphatic carbocycles. The molecular weight excluding hydrogens is 488 g/mol. The third-order valence-electron chi connectivity index (χ3n) is 5.16. The molecule has 2 nitrogen and oxygen atoms in total. The van der Waals surface area contributed by atoms with E-state index in [1.54, 1.807) is 47.0 Å². The normalized spacial score (nSPS) is 19.2. The number of allylic oxidation sites excluding steroid dienone is 4. The van der Waals surface area contributed by atoms with Gasteiger partial charge in [0, 0.05) is 11.8 Å². The zero-order valence-electron chi connectivity index (χ0n) is 16.6. The van der Waals surface area contributed by atoms with Crippen molar-refractivity contribution in [1.82, 2.24) is 0 Å². The van der Waals surface area contributed by atoms with E-state index in [0.29, 0.717) is 10.6 Å². The Morgan fingerprint density at radius 2 is 1.31 bits per heavy atom. The Labute approximate surface area is 204 Å². The first-order chi connectivity index (χ1) is 15.8. The Hall–Kier alpha value is -2.18. The predicted octanol–water partition coefficient (Wildman–Crippen LogP) is 7.10. The highest BCUT2D eigenvalue weighted by molar-refractivity contribution is 8.33. The van der Waals surface area contributed by atoms with Crippen molar-refractivity contribution in [3.05, 3.63) is 113 Å². The minimum absolute atomic E-state index is 0.669. The van der Waals surface area contributed by atoms with Crippen molar-refractivity contribution in [1.29, 1.82) is 10.5 Å². The van der Waals surface area contributed by atoms with Crippen molar-refractivity contribution in [2.24, 2.45) is 0 Å². The smallest absolute Gasteiger partial charge is 0.100 e. The first-order valence-corrected chi connectivity index (χ1v) is 14.9. The molecule has 3 aliphatic rings. The molecule has 0 spiro atoms. The van der Waals surface area contributed by atoms with Crippen LogP contribution < -0.4 is 10.6 Å². The van der Waals surface area contributed by atoms with E-state index in [9.17, 15) is 10.5 Å². The van der Waals surface area contributed by atoms with Gasteiger partial charge in [-0.05, 0) is 44.6 Å². The molecule has 0 radical (unpaired) electrons. The molecule has 2 aromatic carbocycles. The van der Waals surface area contributed by atoms with Gasteiger partial charge in [-0.1, -0.05) is 108 Å². The van der Waals surface area contributed by atoms with Crippen LogP contribution in [-0.4, -0.2) is 5.29 Å². The van der Waals surface area contributed by atoms with Crippen molar-refractivity contribution in [2.75, 3.05) is 0 Å². The summed E-state index contributed by atoms with van der Waals surface area (Å²) in [6.45, 7) is -2.52. The molecule has 3 heterocycles. The van der Waals surface area contributed by atoms with Crippen LogP contribution in [0.5, 0.6) is 0 Å². The average Bonchev–Trinajstić information content (AvgIpc) is 3.56. The van der Waals surface area contributed by atoms with Crippen molar-refractivity contribution in [2.45, 2.75) is 0 Å². The number of rotatable bonds is 3. The lowest BCUT2D eigenvalue weighted by molar-refractivity contribution is 1.51. The molecule has 0 fully saturated rings. The summed E-state index contributed by atoms with van der Waals surface area (Å²) in [5.41, 5.74) is 0.939. The third kappa shape index (κ3) is 3.67. The number of thioether (sulfide) groups is 4. The van der Waals surface area contributed by atoms with Gasteiger partial charge in [0.2, 0.25) is 0 Å². The summed E-state index contributed by atoms with van der Waals surface area (Å²) in [5.74, 6) is 0. The maximum Gasteiger partial charge on any atom is 0.100 e. The van der Waals surface area contributed by atoms with Gasteiger partial charge in [-0.15, -0.1) is 0 Å². The molecule has 0 bridgehead atoms. The van der Waals surface area contributed by atoms with E-state index in [1.165, 1.54) is 8.47 Å². The summed E-state index contributed by atoms with van der Waals surface area (Å²) in [4.78, 5) is 1.09. The van der Waals surface area contributed by atoms with Crippen LogP contribution in [0.1, 0.15) is 0 Å². The van der Waals surface area contributed by atoms with E-state index in [-0.39, 0.29) is 0 Å². The second-order valence-corrected chi connectivity index (χ2v) is 14.5. The van der Waals surface area contributed by atoms with Crippen LogP contribution >= 0.6 is 53.9 Å². The Kier molecular flexibility index (Phi) is 6.33. The number of nitrogens with zero attached hydrogens (tertiary/aromatic N) is 2. The molecule has 0 N–H and O–H groups in total. The van der Waals surface area contributed by atoms with E-state index in [0.717, 1.165) is 21.1 Å². The van der Waals surface area contributed by atoms with Gasteiger partial charge in [0.05, 0.1) is 19.1 Å². The van der Waals surface area contributed by atoms with E-state index >= 15 is 0 Å². The number of benzene rings is 2. The minimum Gasteiger partial charge on any atom is -0.192 e. The molecule has 154 valence electrons. The summed E-state index contributed by atoms with van der Waals surface area (Å²) in [7, 11) is 0. The fourth-order valence-corrected chi connectivity index (χ4v) is 12.1. The molecule has 2 aromatic rings. The first kappa shape index (κ1) is 21.7. The third-order valence-corrected chi connectivity index (χ3v) is 14.3. The SMILES string of the molecule is N#CC1=CC(C2=CSC(=C3SC=CS3)S2)=CC(C#N)=P1(c1ccccc1)c1ccccc1. The summed E-state index contributed by atoms with van der Waals surface area (Å²) in [5, 5.41) is 30.4. The van der Waals surface area contributed by atoms with Crippen LogP contribution in [-0.2, 0) is 0 Å². The monoisotopic (exact) mass is 502 g/mol. The largest absolute Gasteiger partial charge is 0.192 e. The van der Waals surface area contributed by atoms with Crippen LogP contribution in [0.4, 0.5) is 0 Å². The van der Waals surface area contributed by atoms with Gasteiger partial charge < -0.3 is 0 Å². The molecule has 0 unspecified atom stereocenters. The van der Waals surface area contributed by atoms with Crippen LogP contribution in [0.25, 0.3) is 0 Å². The van der Waals surface area contributed by atoms with Crippen LogP contribution in [0.15, 0.2) is 113 Å². The lowest BCUT2D eigenvalue weighted by Crippen LogP contribution is -2.24. The van der Waals surface area contributed by atoms with Gasteiger partial charge >= 0.3 is 0 Å². The standard InChI is InChI=1S/C25H15N2PS4/c26-15-21-13-18(23-17-31-25(32-23)24-29-11-12-30-24)14-22(16-27)28(21,19-7-3-1-4-8-19)20-9-5-2-6-10-20/h1-14,17H. The average molecular weight is 503 g/mol. The van der Waals surface area contributed by atoms with Crippen molar-refractivity contribution in [3.63, 3.8) is 0 Å². The molecule has 0 amide bonds. The lowest BCUT2D eigenvalue weighted by Gasteiger charge is -2.31. The van der Waals surface area contributed by atoms with Gasteiger partial charge in [0.25, 0.3) is 0 Å². The highest BCUT2D eigenvalue weighted by Gasteiger charge is 2.35. The van der Waals surface area contributed by atoms with Crippen molar-refractivity contribution in [3.8, 4) is 12.1 Å². The van der Waals surface area contributed by atoms with Gasteiger partial charge in [-0.25, -0.2) is 0 Å². The zero-order valence-corrected chi connectivity index (χ0v) is 20.8. The Morgan fingerprint density at radius 1 is 0.688 bits per heavy atom. The molecule has 32 heavy (non-hydrogen) atoms. The summed E-state index contributed by atoms with van der Waals surface area (Å²) < 4.78 is 2.54. The molecule has 5 rings (SSSR count). The molecular formula is C25H15N2PS4. The second kappa shape index (κ2) is 9.36. The fraction of sp³-hybridized carbons (Fsp3) is 0. The number of hydrogen-bond donors (Lipinski definition) is 0. The Balaban J connectivity index is 1.72. The van der Waals surface area contributed by atoms with Crippen molar-refractivity contribution < 1.29 is 0 Å². The van der Waals surface area contributed by atoms with Gasteiger partial charge in [0.1, 0.15) is 12.1 Å². The van der Waals surface area contributed by atoms with Gasteiger partial charge in [0.15, 0.2) is 0 Å². The topological polar surface area (TPSA) is 47.6 Å². The van der Waals surface area contributed by atoms with Gasteiger partial charge in [-0.3, -0.25) is 0 Å². The molecule has 3 aliphatic heterocycles. The summed E-state index contributed by atoms with van der Waals surface area (Å²) >= 11 is 6.92. The highest BCUT2D eigenvalue weighted by Crippen LogP contribution is 2.59. The second-order valence-electron chi connectivity index (χ2n) is 6.86.